The minimum absolute atomic E-state index is 0.307. The Morgan fingerprint density at radius 2 is 1.89 bits per heavy atom. The number of nitrogens with one attached hydrogen (secondary N) is 1. The van der Waals surface area contributed by atoms with Crippen LogP contribution in [0.5, 0.6) is 0 Å². The Balaban J connectivity index is 2.06. The second kappa shape index (κ2) is 7.07. The molecule has 0 spiro atoms. The Bertz CT molecular complexity index is 1200. The number of aromatic nitrogens is 4. The van der Waals surface area contributed by atoms with Gasteiger partial charge in [-0.2, -0.15) is 5.10 Å². The number of hydrogen-bond acceptors (Lipinski definition) is 4. The zero-order valence-electron chi connectivity index (χ0n) is 15.9. The molecule has 0 saturated carbocycles. The first-order valence-electron chi connectivity index (χ1n) is 8.68. The van der Waals surface area contributed by atoms with Gasteiger partial charge < -0.3 is 10.7 Å². The van der Waals surface area contributed by atoms with E-state index in [1.807, 2.05) is 37.1 Å². The number of nitrogens with two attached hydrogens (primary N) is 1. The van der Waals surface area contributed by atoms with Crippen LogP contribution >= 0.6 is 30.1 Å². The molecule has 28 heavy (non-hydrogen) atoms. The van der Waals surface area contributed by atoms with Gasteiger partial charge in [0, 0.05) is 73.5 Å². The number of H-pyrrole nitrogens is 1. The number of halogens is 2. The van der Waals surface area contributed by atoms with E-state index >= 15 is 0 Å². The van der Waals surface area contributed by atoms with Gasteiger partial charge in [0.25, 0.3) is 0 Å². The van der Waals surface area contributed by atoms with Crippen LogP contribution in [-0.2, 0) is 7.05 Å². The minimum Gasteiger partial charge on any atom is -0.398 e. The highest BCUT2D eigenvalue weighted by Gasteiger charge is 2.21. The quantitative estimate of drug-likeness (QED) is 0.275. The largest absolute Gasteiger partial charge is 0.398 e. The number of aromatic amines is 1. The van der Waals surface area contributed by atoms with Crippen molar-refractivity contribution in [1.29, 1.82) is 0 Å². The van der Waals surface area contributed by atoms with E-state index in [0.29, 0.717) is 11.3 Å². The van der Waals surface area contributed by atoms with Gasteiger partial charge >= 0.3 is 0 Å². The number of rotatable bonds is 3. The second-order valence-electron chi connectivity index (χ2n) is 6.87. The summed E-state index contributed by atoms with van der Waals surface area (Å²) in [6.07, 6.45) is 3.72. The number of hydrogen-bond donors (Lipinski definition) is 2. The van der Waals surface area contributed by atoms with Crippen molar-refractivity contribution in [1.82, 2.24) is 19.7 Å². The van der Waals surface area contributed by atoms with Gasteiger partial charge in [-0.05, 0) is 53.0 Å². The van der Waals surface area contributed by atoms with E-state index in [1.54, 1.807) is 21.9 Å². The third-order valence-electron chi connectivity index (χ3n) is 5.32. The summed E-state index contributed by atoms with van der Waals surface area (Å²) in [5, 5.41) is 6.26. The van der Waals surface area contributed by atoms with Crippen LogP contribution in [0.25, 0.3) is 33.3 Å². The molecular weight excluding hydrogens is 488 g/mol. The van der Waals surface area contributed by atoms with Gasteiger partial charge in [0.15, 0.2) is 0 Å². The predicted octanol–water partition coefficient (Wildman–Crippen LogP) is 5.72. The van der Waals surface area contributed by atoms with E-state index in [9.17, 15) is 4.39 Å². The summed E-state index contributed by atoms with van der Waals surface area (Å²) in [5.41, 5.74) is 13.6. The Labute approximate surface area is 178 Å². The lowest BCUT2D eigenvalue weighted by atomic mass is 9.96. The molecule has 8 heteroatoms. The van der Waals surface area contributed by atoms with Crippen molar-refractivity contribution >= 4 is 46.9 Å². The van der Waals surface area contributed by atoms with Crippen LogP contribution in [0, 0.1) is 26.6 Å². The molecule has 144 valence electrons. The lowest BCUT2D eigenvalue weighted by Gasteiger charge is -2.11. The molecule has 3 N–H and O–H groups in total. The highest BCUT2D eigenvalue weighted by Crippen LogP contribution is 2.44. The molecule has 0 fully saturated rings. The number of benzene rings is 1. The summed E-state index contributed by atoms with van der Waals surface area (Å²) < 4.78 is 16.3. The van der Waals surface area contributed by atoms with Crippen molar-refractivity contribution < 1.29 is 4.39 Å². The maximum absolute atomic E-state index is 14.4. The fourth-order valence-corrected chi connectivity index (χ4v) is 4.92. The molecular formula is C20H19FIN5S. The fraction of sp³-hybridized carbons (Fsp3) is 0.200. The Morgan fingerprint density at radius 3 is 2.50 bits per heavy atom. The Kier molecular flexibility index (Phi) is 4.86. The van der Waals surface area contributed by atoms with Crippen LogP contribution in [0.1, 0.15) is 16.8 Å². The molecule has 0 amide bonds. The summed E-state index contributed by atoms with van der Waals surface area (Å²) >= 11 is 2.22. The third kappa shape index (κ3) is 2.89. The van der Waals surface area contributed by atoms with Crippen LogP contribution < -0.4 is 5.73 Å². The summed E-state index contributed by atoms with van der Waals surface area (Å²) in [6.45, 7) is 5.79. The molecule has 4 rings (SSSR count). The number of fused-ring (bicyclic) bond motifs is 1. The van der Waals surface area contributed by atoms with Crippen molar-refractivity contribution in [2.24, 2.45) is 7.05 Å². The van der Waals surface area contributed by atoms with Crippen LogP contribution in [-0.4, -0.2) is 19.7 Å². The van der Waals surface area contributed by atoms with Crippen LogP contribution in [0.2, 0.25) is 0 Å². The lowest BCUT2D eigenvalue weighted by Crippen LogP contribution is -1.95. The highest BCUT2D eigenvalue weighted by atomic mass is 127. The van der Waals surface area contributed by atoms with Crippen molar-refractivity contribution in [3.8, 4) is 22.3 Å². The average molecular weight is 507 g/mol. The third-order valence-corrected chi connectivity index (χ3v) is 7.10. The topological polar surface area (TPSA) is 72.5 Å². The Hall–Kier alpha value is -2.07. The maximum atomic E-state index is 14.4. The van der Waals surface area contributed by atoms with Crippen molar-refractivity contribution in [3.63, 3.8) is 0 Å². The molecule has 3 aromatic heterocycles. The zero-order valence-corrected chi connectivity index (χ0v) is 18.9. The fourth-order valence-electron chi connectivity index (χ4n) is 3.50. The molecule has 0 bridgehead atoms. The number of nitrogens with zero attached hydrogens (tertiary/aromatic N) is 3. The van der Waals surface area contributed by atoms with E-state index in [-0.39, 0.29) is 5.82 Å². The second-order valence-corrected chi connectivity index (χ2v) is 8.75. The van der Waals surface area contributed by atoms with E-state index in [0.717, 1.165) is 49.6 Å². The smallest absolute Gasteiger partial charge is 0.139 e. The SMILES string of the molecule is Cc1c(N)cc(-c2c(SI)[nH]c3ncc(-c4cnn(C)c4C)c(C)c23)cc1F. The van der Waals surface area contributed by atoms with Crippen LogP contribution in [0.15, 0.2) is 29.6 Å². The average Bonchev–Trinajstić information content (AvgIpc) is 3.21. The van der Waals surface area contributed by atoms with Gasteiger partial charge in [0.2, 0.25) is 0 Å². The molecule has 0 aliphatic heterocycles. The molecule has 3 heterocycles. The molecule has 0 radical (unpaired) electrons. The number of nitrogen functional groups attached to an aromatic ring is 1. The first-order valence-corrected chi connectivity index (χ1v) is 12.0. The molecule has 0 unspecified atom stereocenters. The normalized spacial score (nSPS) is 11.5. The number of pyridine rings is 1. The molecule has 5 nitrogen and oxygen atoms in total. The standard InChI is InChI=1S/C20H19FIN5S/c1-9-13(14-8-25-27(4)11(14)3)7-24-19-17(9)18(20(26-19)28-22)12-5-15(21)10(2)16(23)6-12/h5-8H,23H2,1-4H3,(H,24,26). The van der Waals surface area contributed by atoms with Gasteiger partial charge in [0.05, 0.1) is 11.2 Å². The predicted molar refractivity (Wildman–Crippen MR) is 122 cm³/mol. The highest BCUT2D eigenvalue weighted by molar-refractivity contribution is 14.2. The molecule has 4 aromatic rings. The zero-order chi connectivity index (χ0) is 20.2. The summed E-state index contributed by atoms with van der Waals surface area (Å²) in [7, 11) is 3.47. The molecule has 1 aromatic carbocycles. The first kappa shape index (κ1) is 19.3. The van der Waals surface area contributed by atoms with E-state index < -0.39 is 0 Å². The molecule has 0 saturated heterocycles. The summed E-state index contributed by atoms with van der Waals surface area (Å²) in [6, 6.07) is 3.38. The van der Waals surface area contributed by atoms with Crippen molar-refractivity contribution in [2.75, 3.05) is 5.73 Å². The van der Waals surface area contributed by atoms with Crippen LogP contribution in [0.4, 0.5) is 10.1 Å². The number of aryl methyl sites for hydroxylation is 2. The lowest BCUT2D eigenvalue weighted by molar-refractivity contribution is 0.620. The van der Waals surface area contributed by atoms with Gasteiger partial charge in [0.1, 0.15) is 11.5 Å². The van der Waals surface area contributed by atoms with Gasteiger partial charge in [-0.1, -0.05) is 0 Å². The molecule has 0 aliphatic carbocycles. The van der Waals surface area contributed by atoms with Gasteiger partial charge in [-0.25, -0.2) is 9.37 Å². The van der Waals surface area contributed by atoms with E-state index in [2.05, 4.69) is 43.2 Å². The van der Waals surface area contributed by atoms with Crippen molar-refractivity contribution in [2.45, 2.75) is 25.8 Å². The van der Waals surface area contributed by atoms with Crippen molar-refractivity contribution in [3.05, 3.63) is 47.2 Å². The number of anilines is 1. The van der Waals surface area contributed by atoms with E-state index in [4.69, 9.17) is 5.73 Å². The van der Waals surface area contributed by atoms with Crippen LogP contribution in [0.3, 0.4) is 0 Å². The maximum Gasteiger partial charge on any atom is 0.139 e. The monoisotopic (exact) mass is 507 g/mol. The first-order chi connectivity index (χ1) is 13.3. The van der Waals surface area contributed by atoms with Gasteiger partial charge in [-0.3, -0.25) is 4.68 Å². The van der Waals surface area contributed by atoms with Gasteiger partial charge in [-0.15, -0.1) is 0 Å². The Morgan fingerprint density at radius 1 is 1.14 bits per heavy atom. The molecule has 0 aliphatic rings. The summed E-state index contributed by atoms with van der Waals surface area (Å²) in [5.74, 6) is -0.307. The van der Waals surface area contributed by atoms with E-state index in [1.165, 1.54) is 0 Å². The molecule has 0 atom stereocenters. The summed E-state index contributed by atoms with van der Waals surface area (Å²) in [4.78, 5) is 8.02. The minimum atomic E-state index is -0.307.